The highest BCUT2D eigenvalue weighted by Gasteiger charge is 2.31. The number of imidazole rings is 1. The molecule has 1 aliphatic rings. The SMILES string of the molecule is CCCCn1c(=O)[nH]c(=O)c2c1nc(CN(Cc1cc(OC)ccc1OC)C1CC1)n2CC. The fourth-order valence-corrected chi connectivity index (χ4v) is 4.36. The van der Waals surface area contributed by atoms with Crippen LogP contribution in [0, 0.1) is 0 Å². The number of aromatic amines is 1. The van der Waals surface area contributed by atoms with Crippen LogP contribution in [0.1, 0.15) is 50.9 Å². The predicted octanol–water partition coefficient (Wildman–Crippen LogP) is 2.89. The average Bonchev–Trinajstić information content (AvgIpc) is 3.59. The van der Waals surface area contributed by atoms with Crippen LogP contribution in [0.2, 0.25) is 0 Å². The first-order chi connectivity index (χ1) is 16.0. The van der Waals surface area contributed by atoms with Crippen molar-refractivity contribution < 1.29 is 9.47 Å². The lowest BCUT2D eigenvalue weighted by Crippen LogP contribution is -2.31. The van der Waals surface area contributed by atoms with Gasteiger partial charge in [-0.2, -0.15) is 0 Å². The average molecular weight is 456 g/mol. The van der Waals surface area contributed by atoms with Gasteiger partial charge in [-0.3, -0.25) is 19.2 Å². The van der Waals surface area contributed by atoms with Gasteiger partial charge in [0.15, 0.2) is 11.2 Å². The van der Waals surface area contributed by atoms with Crippen molar-refractivity contribution in [1.29, 1.82) is 0 Å². The Hall–Kier alpha value is -3.07. The number of rotatable bonds is 11. The molecule has 1 saturated carbocycles. The van der Waals surface area contributed by atoms with E-state index in [9.17, 15) is 9.59 Å². The number of benzene rings is 1. The monoisotopic (exact) mass is 455 g/mol. The number of nitrogens with zero attached hydrogens (tertiary/aromatic N) is 4. The number of H-pyrrole nitrogens is 1. The molecule has 2 heterocycles. The van der Waals surface area contributed by atoms with Gasteiger partial charge in [0.05, 0.1) is 20.8 Å². The number of ether oxygens (including phenoxy) is 2. The number of aryl methyl sites for hydroxylation is 2. The highest BCUT2D eigenvalue weighted by Crippen LogP contribution is 2.33. The van der Waals surface area contributed by atoms with Crippen molar-refractivity contribution in [3.8, 4) is 11.5 Å². The zero-order valence-electron chi connectivity index (χ0n) is 19.9. The van der Waals surface area contributed by atoms with Crippen LogP contribution in [-0.4, -0.2) is 44.3 Å². The van der Waals surface area contributed by atoms with Gasteiger partial charge in [0.2, 0.25) is 0 Å². The third-order valence-corrected chi connectivity index (χ3v) is 6.28. The molecule has 33 heavy (non-hydrogen) atoms. The first-order valence-electron chi connectivity index (χ1n) is 11.7. The topological polar surface area (TPSA) is 94.4 Å². The van der Waals surface area contributed by atoms with Crippen molar-refractivity contribution in [2.75, 3.05) is 14.2 Å². The summed E-state index contributed by atoms with van der Waals surface area (Å²) in [6.45, 7) is 6.46. The van der Waals surface area contributed by atoms with Gasteiger partial charge in [-0.05, 0) is 44.4 Å². The lowest BCUT2D eigenvalue weighted by molar-refractivity contribution is 0.232. The second-order valence-corrected chi connectivity index (χ2v) is 8.52. The molecule has 3 aromatic rings. The molecule has 1 aliphatic carbocycles. The first kappa shape index (κ1) is 23.1. The molecular formula is C24H33N5O4. The summed E-state index contributed by atoms with van der Waals surface area (Å²) in [5, 5.41) is 0. The van der Waals surface area contributed by atoms with Gasteiger partial charge in [0.1, 0.15) is 17.3 Å². The van der Waals surface area contributed by atoms with E-state index in [4.69, 9.17) is 14.5 Å². The molecule has 0 amide bonds. The van der Waals surface area contributed by atoms with Crippen molar-refractivity contribution in [2.24, 2.45) is 0 Å². The molecule has 9 nitrogen and oxygen atoms in total. The smallest absolute Gasteiger partial charge is 0.330 e. The summed E-state index contributed by atoms with van der Waals surface area (Å²) in [4.78, 5) is 34.9. The van der Waals surface area contributed by atoms with Crippen LogP contribution in [-0.2, 0) is 26.2 Å². The van der Waals surface area contributed by atoms with E-state index in [1.807, 2.05) is 29.7 Å². The maximum Gasteiger partial charge on any atom is 0.330 e. The minimum atomic E-state index is -0.395. The van der Waals surface area contributed by atoms with Gasteiger partial charge in [-0.25, -0.2) is 9.78 Å². The van der Waals surface area contributed by atoms with Crippen LogP contribution in [0.3, 0.4) is 0 Å². The van der Waals surface area contributed by atoms with Crippen LogP contribution >= 0.6 is 0 Å². The molecule has 0 aliphatic heterocycles. The van der Waals surface area contributed by atoms with Gasteiger partial charge >= 0.3 is 5.69 Å². The van der Waals surface area contributed by atoms with Gasteiger partial charge < -0.3 is 14.0 Å². The van der Waals surface area contributed by atoms with Crippen molar-refractivity contribution in [3.63, 3.8) is 0 Å². The van der Waals surface area contributed by atoms with Gasteiger partial charge in [0, 0.05) is 31.2 Å². The number of aromatic nitrogens is 4. The highest BCUT2D eigenvalue weighted by atomic mass is 16.5. The molecule has 1 aromatic carbocycles. The molecule has 1 N–H and O–H groups in total. The molecule has 178 valence electrons. The van der Waals surface area contributed by atoms with Gasteiger partial charge in [-0.1, -0.05) is 13.3 Å². The molecule has 0 bridgehead atoms. The van der Waals surface area contributed by atoms with Gasteiger partial charge in [-0.15, -0.1) is 0 Å². The van der Waals surface area contributed by atoms with E-state index in [0.717, 1.165) is 48.6 Å². The summed E-state index contributed by atoms with van der Waals surface area (Å²) >= 11 is 0. The summed E-state index contributed by atoms with van der Waals surface area (Å²) in [6.07, 6.45) is 4.05. The molecule has 0 radical (unpaired) electrons. The van der Waals surface area contributed by atoms with E-state index in [-0.39, 0.29) is 5.56 Å². The third-order valence-electron chi connectivity index (χ3n) is 6.28. The second-order valence-electron chi connectivity index (χ2n) is 8.52. The summed E-state index contributed by atoms with van der Waals surface area (Å²) in [5.41, 5.74) is 1.21. The van der Waals surface area contributed by atoms with Crippen LogP contribution in [0.5, 0.6) is 11.5 Å². The van der Waals surface area contributed by atoms with Crippen LogP contribution < -0.4 is 20.7 Å². The number of nitrogens with one attached hydrogen (secondary N) is 1. The Balaban J connectivity index is 1.73. The minimum absolute atomic E-state index is 0.379. The molecule has 0 saturated heterocycles. The summed E-state index contributed by atoms with van der Waals surface area (Å²) in [5.74, 6) is 2.40. The minimum Gasteiger partial charge on any atom is -0.497 e. The molecule has 0 spiro atoms. The highest BCUT2D eigenvalue weighted by molar-refractivity contribution is 5.71. The molecule has 1 fully saturated rings. The van der Waals surface area contributed by atoms with Crippen LogP contribution in [0.15, 0.2) is 27.8 Å². The quantitative estimate of drug-likeness (QED) is 0.478. The lowest BCUT2D eigenvalue weighted by Gasteiger charge is -2.23. The fraction of sp³-hybridized carbons (Fsp3) is 0.542. The Kier molecular flexibility index (Phi) is 6.88. The lowest BCUT2D eigenvalue weighted by atomic mass is 10.1. The number of hydrogen-bond donors (Lipinski definition) is 1. The van der Waals surface area contributed by atoms with E-state index in [2.05, 4.69) is 16.8 Å². The number of methoxy groups -OCH3 is 2. The third kappa shape index (κ3) is 4.68. The van der Waals surface area contributed by atoms with E-state index < -0.39 is 5.69 Å². The predicted molar refractivity (Wildman–Crippen MR) is 127 cm³/mol. The number of unbranched alkanes of at least 4 members (excludes halogenated alkanes) is 1. The Labute approximate surface area is 193 Å². The molecule has 2 aromatic heterocycles. The van der Waals surface area contributed by atoms with Crippen molar-refractivity contribution in [1.82, 2.24) is 24.0 Å². The van der Waals surface area contributed by atoms with E-state index in [0.29, 0.717) is 43.4 Å². The first-order valence-corrected chi connectivity index (χ1v) is 11.7. The molecule has 9 heteroatoms. The molecule has 4 rings (SSSR count). The summed E-state index contributed by atoms with van der Waals surface area (Å²) in [7, 11) is 3.33. The molecule has 0 atom stereocenters. The maximum atomic E-state index is 12.7. The zero-order chi connectivity index (χ0) is 23.5. The molecular weight excluding hydrogens is 422 g/mol. The number of fused-ring (bicyclic) bond motifs is 1. The normalized spacial score (nSPS) is 13.7. The standard InChI is InChI=1S/C24H33N5O4/c1-5-7-12-29-22-21(23(30)26-24(29)31)28(6-2)20(25-22)15-27(17-8-9-17)14-16-13-18(32-3)10-11-19(16)33-4/h10-11,13,17H,5-9,12,14-15H2,1-4H3,(H,26,30,31). The van der Waals surface area contributed by atoms with Gasteiger partial charge in [0.25, 0.3) is 5.56 Å². The summed E-state index contributed by atoms with van der Waals surface area (Å²) in [6, 6.07) is 6.27. The Morgan fingerprint density at radius 1 is 1.12 bits per heavy atom. The van der Waals surface area contributed by atoms with Crippen molar-refractivity contribution in [2.45, 2.75) is 71.8 Å². The van der Waals surface area contributed by atoms with E-state index >= 15 is 0 Å². The fourth-order valence-electron chi connectivity index (χ4n) is 4.36. The van der Waals surface area contributed by atoms with Crippen molar-refractivity contribution >= 4 is 11.2 Å². The number of hydrogen-bond acceptors (Lipinski definition) is 6. The van der Waals surface area contributed by atoms with E-state index in [1.54, 1.807) is 18.8 Å². The van der Waals surface area contributed by atoms with Crippen LogP contribution in [0.25, 0.3) is 11.2 Å². The van der Waals surface area contributed by atoms with Crippen LogP contribution in [0.4, 0.5) is 0 Å². The Morgan fingerprint density at radius 3 is 2.55 bits per heavy atom. The van der Waals surface area contributed by atoms with Crippen molar-refractivity contribution in [3.05, 3.63) is 50.4 Å². The van der Waals surface area contributed by atoms with E-state index in [1.165, 1.54) is 0 Å². The Bertz CT molecular complexity index is 1240. The maximum absolute atomic E-state index is 12.7. The zero-order valence-corrected chi connectivity index (χ0v) is 19.9. The second kappa shape index (κ2) is 9.82. The Morgan fingerprint density at radius 2 is 1.91 bits per heavy atom. The largest absolute Gasteiger partial charge is 0.497 e. The molecule has 0 unspecified atom stereocenters. The summed E-state index contributed by atoms with van der Waals surface area (Å²) < 4.78 is 14.5.